The second kappa shape index (κ2) is 4.78. The zero-order valence-electron chi connectivity index (χ0n) is 9.35. The van der Waals surface area contributed by atoms with Crippen LogP contribution in [0.5, 0.6) is 0 Å². The van der Waals surface area contributed by atoms with Crippen LogP contribution in [0, 0.1) is 5.92 Å². The Morgan fingerprint density at radius 3 is 2.47 bits per heavy atom. The minimum atomic E-state index is -3.54. The van der Waals surface area contributed by atoms with Gasteiger partial charge in [0.1, 0.15) is 0 Å². The van der Waals surface area contributed by atoms with Crippen molar-refractivity contribution in [2.24, 2.45) is 11.0 Å². The van der Waals surface area contributed by atoms with E-state index in [-0.39, 0.29) is 4.90 Å². The van der Waals surface area contributed by atoms with Gasteiger partial charge in [0.2, 0.25) is 0 Å². The maximum absolute atomic E-state index is 11.9. The number of benzene rings is 1. The van der Waals surface area contributed by atoms with Crippen molar-refractivity contribution in [1.82, 2.24) is 4.83 Å². The lowest BCUT2D eigenvalue weighted by molar-refractivity contribution is 0.584. The number of hydrogen-bond donors (Lipinski definition) is 1. The maximum atomic E-state index is 11.9. The Balaban J connectivity index is 2.13. The van der Waals surface area contributed by atoms with Gasteiger partial charge in [-0.05, 0) is 49.9 Å². The van der Waals surface area contributed by atoms with Crippen molar-refractivity contribution in [3.63, 3.8) is 0 Å². The quantitative estimate of drug-likeness (QED) is 0.685. The highest BCUT2D eigenvalue weighted by molar-refractivity contribution is 9.10. The Hall–Kier alpha value is -0.880. The third-order valence-electron chi connectivity index (χ3n) is 2.63. The van der Waals surface area contributed by atoms with Gasteiger partial charge in [0.05, 0.1) is 4.90 Å². The van der Waals surface area contributed by atoms with Crippen molar-refractivity contribution in [3.8, 4) is 0 Å². The van der Waals surface area contributed by atoms with E-state index in [4.69, 9.17) is 0 Å². The summed E-state index contributed by atoms with van der Waals surface area (Å²) in [6.07, 6.45) is 2.21. The molecule has 17 heavy (non-hydrogen) atoms. The van der Waals surface area contributed by atoms with Crippen LogP contribution in [0.1, 0.15) is 19.8 Å². The standard InChI is InChI=1S/C11H13BrN2O2S/c1-8(9-2-3-9)13-14-17(15,16)11-6-4-10(12)5-7-11/h4-7,9,14H,2-3H2,1H3. The van der Waals surface area contributed by atoms with Crippen molar-refractivity contribution >= 4 is 31.7 Å². The molecule has 0 radical (unpaired) electrons. The SMILES string of the molecule is CC(=NNS(=O)(=O)c1ccc(Br)cc1)C1CC1. The Morgan fingerprint density at radius 1 is 1.35 bits per heavy atom. The number of rotatable bonds is 4. The van der Waals surface area contributed by atoms with E-state index in [0.717, 1.165) is 23.0 Å². The summed E-state index contributed by atoms with van der Waals surface area (Å²) in [5.74, 6) is 0.461. The molecule has 1 N–H and O–H groups in total. The Morgan fingerprint density at radius 2 is 1.94 bits per heavy atom. The molecule has 2 rings (SSSR count). The van der Waals surface area contributed by atoms with Gasteiger partial charge in [-0.1, -0.05) is 15.9 Å². The fourth-order valence-corrected chi connectivity index (χ4v) is 2.52. The van der Waals surface area contributed by atoms with Crippen LogP contribution in [0.3, 0.4) is 0 Å². The first kappa shape index (κ1) is 12.6. The van der Waals surface area contributed by atoms with Crippen molar-refractivity contribution in [3.05, 3.63) is 28.7 Å². The van der Waals surface area contributed by atoms with Crippen molar-refractivity contribution in [2.75, 3.05) is 0 Å². The van der Waals surface area contributed by atoms with E-state index in [1.807, 2.05) is 6.92 Å². The second-order valence-electron chi connectivity index (χ2n) is 4.08. The summed E-state index contributed by atoms with van der Waals surface area (Å²) < 4.78 is 24.6. The van der Waals surface area contributed by atoms with E-state index in [1.54, 1.807) is 12.1 Å². The van der Waals surface area contributed by atoms with Crippen molar-refractivity contribution < 1.29 is 8.42 Å². The van der Waals surface area contributed by atoms with E-state index in [2.05, 4.69) is 25.9 Å². The van der Waals surface area contributed by atoms with Gasteiger partial charge >= 0.3 is 0 Å². The molecule has 1 saturated carbocycles. The Kier molecular flexibility index (Phi) is 3.53. The number of nitrogens with zero attached hydrogens (tertiary/aromatic N) is 1. The topological polar surface area (TPSA) is 58.5 Å². The van der Waals surface area contributed by atoms with E-state index in [9.17, 15) is 8.42 Å². The summed E-state index contributed by atoms with van der Waals surface area (Å²) in [7, 11) is -3.54. The van der Waals surface area contributed by atoms with Gasteiger partial charge in [0, 0.05) is 10.2 Å². The number of nitrogens with one attached hydrogen (secondary N) is 1. The molecule has 0 atom stereocenters. The van der Waals surface area contributed by atoms with Crippen LogP contribution in [0.25, 0.3) is 0 Å². The first-order valence-electron chi connectivity index (χ1n) is 5.30. The summed E-state index contributed by atoms with van der Waals surface area (Å²) in [5.41, 5.74) is 0.852. The predicted molar refractivity (Wildman–Crippen MR) is 70.3 cm³/mol. The molecular formula is C11H13BrN2O2S. The highest BCUT2D eigenvalue weighted by Crippen LogP contribution is 2.30. The van der Waals surface area contributed by atoms with E-state index >= 15 is 0 Å². The second-order valence-corrected chi connectivity index (χ2v) is 6.65. The van der Waals surface area contributed by atoms with E-state index in [0.29, 0.717) is 5.92 Å². The van der Waals surface area contributed by atoms with Gasteiger partial charge < -0.3 is 0 Å². The summed E-state index contributed by atoms with van der Waals surface area (Å²) in [5, 5.41) is 3.92. The number of hydrazone groups is 1. The minimum absolute atomic E-state index is 0.216. The zero-order chi connectivity index (χ0) is 12.5. The molecule has 1 aromatic rings. The molecular weight excluding hydrogens is 304 g/mol. The molecule has 1 fully saturated rings. The molecule has 6 heteroatoms. The first-order chi connectivity index (χ1) is 7.99. The van der Waals surface area contributed by atoms with Crippen LogP contribution in [-0.4, -0.2) is 14.1 Å². The molecule has 0 unspecified atom stereocenters. The third-order valence-corrected chi connectivity index (χ3v) is 4.39. The summed E-state index contributed by atoms with van der Waals surface area (Å²) in [4.78, 5) is 2.48. The average Bonchev–Trinajstić information content (AvgIpc) is 3.10. The number of sulfonamides is 1. The van der Waals surface area contributed by atoms with Crippen LogP contribution in [0.4, 0.5) is 0 Å². The van der Waals surface area contributed by atoms with Crippen molar-refractivity contribution in [1.29, 1.82) is 0 Å². The molecule has 1 aliphatic rings. The van der Waals surface area contributed by atoms with Gasteiger partial charge in [0.15, 0.2) is 0 Å². The summed E-state index contributed by atoms with van der Waals surface area (Å²) in [6, 6.07) is 6.45. The van der Waals surface area contributed by atoms with Gasteiger partial charge in [-0.3, -0.25) is 0 Å². The molecule has 0 saturated heterocycles. The molecule has 1 aliphatic carbocycles. The normalized spacial score (nSPS) is 16.9. The Labute approximate surface area is 109 Å². The van der Waals surface area contributed by atoms with Crippen LogP contribution in [0.15, 0.2) is 38.7 Å². The van der Waals surface area contributed by atoms with Gasteiger partial charge in [-0.2, -0.15) is 13.5 Å². The van der Waals surface area contributed by atoms with Crippen molar-refractivity contribution in [2.45, 2.75) is 24.7 Å². The highest BCUT2D eigenvalue weighted by Gasteiger charge is 2.25. The van der Waals surface area contributed by atoms with E-state index < -0.39 is 10.0 Å². The lowest BCUT2D eigenvalue weighted by Crippen LogP contribution is -2.20. The lowest BCUT2D eigenvalue weighted by Gasteiger charge is -2.04. The molecule has 0 aromatic heterocycles. The number of halogens is 1. The fraction of sp³-hybridized carbons (Fsp3) is 0.364. The average molecular weight is 317 g/mol. The van der Waals surface area contributed by atoms with Gasteiger partial charge in [-0.25, -0.2) is 4.83 Å². The monoisotopic (exact) mass is 316 g/mol. The number of hydrogen-bond acceptors (Lipinski definition) is 3. The maximum Gasteiger partial charge on any atom is 0.276 e. The predicted octanol–water partition coefficient (Wildman–Crippen LogP) is 2.51. The lowest BCUT2D eigenvalue weighted by atomic mass is 10.3. The molecule has 92 valence electrons. The minimum Gasteiger partial charge on any atom is -0.200 e. The molecule has 0 amide bonds. The van der Waals surface area contributed by atoms with Crippen LogP contribution >= 0.6 is 15.9 Å². The summed E-state index contributed by atoms with van der Waals surface area (Å²) in [6.45, 7) is 1.85. The summed E-state index contributed by atoms with van der Waals surface area (Å²) >= 11 is 3.26. The Bertz CT molecular complexity index is 533. The molecule has 0 heterocycles. The van der Waals surface area contributed by atoms with E-state index in [1.165, 1.54) is 12.1 Å². The van der Waals surface area contributed by atoms with Crippen LogP contribution in [-0.2, 0) is 10.0 Å². The zero-order valence-corrected chi connectivity index (χ0v) is 11.8. The smallest absolute Gasteiger partial charge is 0.200 e. The molecule has 1 aromatic carbocycles. The first-order valence-corrected chi connectivity index (χ1v) is 7.58. The van der Waals surface area contributed by atoms with Gasteiger partial charge in [-0.15, -0.1) is 0 Å². The largest absolute Gasteiger partial charge is 0.276 e. The molecule has 0 bridgehead atoms. The van der Waals surface area contributed by atoms with Crippen LogP contribution < -0.4 is 4.83 Å². The highest BCUT2D eigenvalue weighted by atomic mass is 79.9. The molecule has 0 aliphatic heterocycles. The molecule has 0 spiro atoms. The van der Waals surface area contributed by atoms with Crippen LogP contribution in [0.2, 0.25) is 0 Å². The fourth-order valence-electron chi connectivity index (χ4n) is 1.39. The van der Waals surface area contributed by atoms with Gasteiger partial charge in [0.25, 0.3) is 10.0 Å². The molecule has 4 nitrogen and oxygen atoms in total. The third kappa shape index (κ3) is 3.29.